The molecule has 0 saturated carbocycles. The van der Waals surface area contributed by atoms with Gasteiger partial charge in [-0.05, 0) is 0 Å². The Labute approximate surface area is 61.8 Å². The maximum atomic E-state index is 9.84. The summed E-state index contributed by atoms with van der Waals surface area (Å²) in [6.07, 6.45) is 0. The maximum absolute atomic E-state index is 9.84. The molecule has 9 heavy (non-hydrogen) atoms. The molecular formula is C4H8NO2S2. The summed E-state index contributed by atoms with van der Waals surface area (Å²) in [5, 5.41) is 8.09. The average Bonchev–Trinajstić information content (AvgIpc) is 1.80. The molecule has 0 heterocycles. The van der Waals surface area contributed by atoms with Crippen LogP contribution in [0, 0.1) is 5.75 Å². The molecule has 0 aromatic rings. The lowest BCUT2D eigenvalue weighted by molar-refractivity contribution is -0.132. The van der Waals surface area contributed by atoms with Crippen LogP contribution in [-0.4, -0.2) is 23.4 Å². The van der Waals surface area contributed by atoms with Gasteiger partial charge in [0.1, 0.15) is 5.75 Å². The Balaban J connectivity index is 2.83. The van der Waals surface area contributed by atoms with Crippen LogP contribution in [0.2, 0.25) is 0 Å². The Kier molecular flexibility index (Phi) is 6.34. The SMILES string of the molecule is NCCSS[CH]C(=O)O. The van der Waals surface area contributed by atoms with Crippen LogP contribution in [-0.2, 0) is 4.79 Å². The molecule has 1 radical (unpaired) electrons. The first-order valence-corrected chi connectivity index (χ1v) is 4.70. The summed E-state index contributed by atoms with van der Waals surface area (Å²) in [5.41, 5.74) is 5.15. The summed E-state index contributed by atoms with van der Waals surface area (Å²) in [4.78, 5) is 9.84. The number of hydrogen-bond acceptors (Lipinski definition) is 4. The van der Waals surface area contributed by atoms with Gasteiger partial charge in [0.15, 0.2) is 0 Å². The van der Waals surface area contributed by atoms with Gasteiger partial charge in [-0.3, -0.25) is 4.79 Å². The van der Waals surface area contributed by atoms with Gasteiger partial charge in [0.05, 0.1) is 0 Å². The molecule has 0 aliphatic carbocycles. The minimum atomic E-state index is -0.899. The fourth-order valence-corrected chi connectivity index (χ4v) is 1.54. The van der Waals surface area contributed by atoms with E-state index in [0.29, 0.717) is 6.54 Å². The van der Waals surface area contributed by atoms with Gasteiger partial charge in [-0.1, -0.05) is 21.6 Å². The van der Waals surface area contributed by atoms with Crippen molar-refractivity contribution >= 4 is 27.6 Å². The van der Waals surface area contributed by atoms with Gasteiger partial charge in [0.25, 0.3) is 0 Å². The molecule has 0 spiro atoms. The molecule has 0 aromatic carbocycles. The number of carboxylic acid groups (broad SMARTS) is 1. The summed E-state index contributed by atoms with van der Waals surface area (Å²) >= 11 is 0. The van der Waals surface area contributed by atoms with Crippen molar-refractivity contribution in [2.24, 2.45) is 5.73 Å². The first kappa shape index (κ1) is 9.13. The monoisotopic (exact) mass is 166 g/mol. The summed E-state index contributed by atoms with van der Waals surface area (Å²) in [7, 11) is 2.63. The second kappa shape index (κ2) is 6.25. The molecular weight excluding hydrogens is 158 g/mol. The van der Waals surface area contributed by atoms with E-state index in [2.05, 4.69) is 0 Å². The molecule has 0 fully saturated rings. The van der Waals surface area contributed by atoms with Crippen molar-refractivity contribution < 1.29 is 9.90 Å². The van der Waals surface area contributed by atoms with Crippen molar-refractivity contribution in [3.05, 3.63) is 5.75 Å². The van der Waals surface area contributed by atoms with E-state index in [-0.39, 0.29) is 0 Å². The molecule has 3 N–H and O–H groups in total. The van der Waals surface area contributed by atoms with Gasteiger partial charge in [-0.15, -0.1) is 0 Å². The van der Waals surface area contributed by atoms with Gasteiger partial charge in [-0.2, -0.15) is 0 Å². The fraction of sp³-hybridized carbons (Fsp3) is 0.500. The van der Waals surface area contributed by atoms with E-state index in [4.69, 9.17) is 10.8 Å². The van der Waals surface area contributed by atoms with Crippen LogP contribution in [0.15, 0.2) is 0 Å². The zero-order valence-electron chi connectivity index (χ0n) is 4.74. The lowest BCUT2D eigenvalue weighted by atomic mass is 10.8. The molecule has 0 amide bonds. The first-order chi connectivity index (χ1) is 4.27. The molecule has 0 aliphatic rings. The lowest BCUT2D eigenvalue weighted by Gasteiger charge is -1.92. The molecule has 0 unspecified atom stereocenters. The highest BCUT2D eigenvalue weighted by atomic mass is 33.1. The van der Waals surface area contributed by atoms with Crippen molar-refractivity contribution in [3.63, 3.8) is 0 Å². The highest BCUT2D eigenvalue weighted by Gasteiger charge is 1.96. The van der Waals surface area contributed by atoms with E-state index >= 15 is 0 Å². The normalized spacial score (nSPS) is 9.44. The molecule has 0 bridgehead atoms. The third-order valence-electron chi connectivity index (χ3n) is 0.418. The van der Waals surface area contributed by atoms with Crippen LogP contribution in [0.3, 0.4) is 0 Å². The van der Waals surface area contributed by atoms with Crippen molar-refractivity contribution in [3.8, 4) is 0 Å². The Morgan fingerprint density at radius 1 is 1.78 bits per heavy atom. The molecule has 53 valence electrons. The Morgan fingerprint density at radius 3 is 2.89 bits per heavy atom. The second-order valence-electron chi connectivity index (χ2n) is 1.16. The van der Waals surface area contributed by atoms with E-state index in [1.807, 2.05) is 0 Å². The van der Waals surface area contributed by atoms with E-state index in [0.717, 1.165) is 11.5 Å². The standard InChI is InChI=1S/C4H8NO2S2/c5-1-2-8-9-3-4(6)7/h3H,1-2,5H2,(H,6,7). The number of carbonyl (C=O) groups is 1. The summed E-state index contributed by atoms with van der Waals surface area (Å²) < 4.78 is 0. The fourth-order valence-electron chi connectivity index (χ4n) is 0.171. The molecule has 0 rings (SSSR count). The van der Waals surface area contributed by atoms with E-state index in [1.165, 1.54) is 21.6 Å². The highest BCUT2D eigenvalue weighted by molar-refractivity contribution is 8.77. The minimum absolute atomic E-state index is 0.588. The molecule has 5 heteroatoms. The quantitative estimate of drug-likeness (QED) is 0.462. The average molecular weight is 166 g/mol. The number of aliphatic carboxylic acids is 1. The van der Waals surface area contributed by atoms with Gasteiger partial charge in [0, 0.05) is 12.3 Å². The van der Waals surface area contributed by atoms with E-state index in [1.54, 1.807) is 0 Å². The van der Waals surface area contributed by atoms with Gasteiger partial charge in [0.2, 0.25) is 0 Å². The largest absolute Gasteiger partial charge is 0.480 e. The van der Waals surface area contributed by atoms with Crippen molar-refractivity contribution in [2.45, 2.75) is 0 Å². The van der Waals surface area contributed by atoms with E-state index < -0.39 is 5.97 Å². The van der Waals surface area contributed by atoms with Crippen LogP contribution < -0.4 is 5.73 Å². The van der Waals surface area contributed by atoms with Crippen LogP contribution in [0.4, 0.5) is 0 Å². The predicted molar refractivity (Wildman–Crippen MR) is 41.0 cm³/mol. The first-order valence-electron chi connectivity index (χ1n) is 2.32. The molecule has 0 aromatic heterocycles. The summed E-state index contributed by atoms with van der Waals surface area (Å²) in [5.74, 6) is 1.03. The van der Waals surface area contributed by atoms with Gasteiger partial charge < -0.3 is 10.8 Å². The number of nitrogens with two attached hydrogens (primary N) is 1. The van der Waals surface area contributed by atoms with Crippen LogP contribution in [0.25, 0.3) is 0 Å². The Morgan fingerprint density at radius 2 is 2.44 bits per heavy atom. The van der Waals surface area contributed by atoms with Crippen LogP contribution in [0.1, 0.15) is 0 Å². The van der Waals surface area contributed by atoms with Gasteiger partial charge >= 0.3 is 5.97 Å². The molecule has 3 nitrogen and oxygen atoms in total. The smallest absolute Gasteiger partial charge is 0.319 e. The zero-order valence-corrected chi connectivity index (χ0v) is 6.37. The molecule has 0 atom stereocenters. The van der Waals surface area contributed by atoms with Crippen molar-refractivity contribution in [1.29, 1.82) is 0 Å². The number of hydrogen-bond donors (Lipinski definition) is 2. The van der Waals surface area contributed by atoms with Crippen molar-refractivity contribution in [2.75, 3.05) is 12.3 Å². The number of carboxylic acids is 1. The second-order valence-corrected chi connectivity index (χ2v) is 3.52. The maximum Gasteiger partial charge on any atom is 0.319 e. The Hall–Kier alpha value is 0.130. The van der Waals surface area contributed by atoms with E-state index in [9.17, 15) is 4.79 Å². The van der Waals surface area contributed by atoms with Crippen LogP contribution >= 0.6 is 21.6 Å². The summed E-state index contributed by atoms with van der Waals surface area (Å²) in [6, 6.07) is 0. The third kappa shape index (κ3) is 8.13. The van der Waals surface area contributed by atoms with Crippen LogP contribution in [0.5, 0.6) is 0 Å². The Bertz CT molecular complexity index is 88.6. The highest BCUT2D eigenvalue weighted by Crippen LogP contribution is 2.22. The minimum Gasteiger partial charge on any atom is -0.480 e. The molecule has 0 aliphatic heterocycles. The topological polar surface area (TPSA) is 63.3 Å². The lowest BCUT2D eigenvalue weighted by Crippen LogP contribution is -2.00. The zero-order chi connectivity index (χ0) is 7.11. The third-order valence-corrected chi connectivity index (χ3v) is 2.45. The summed E-state index contributed by atoms with van der Waals surface area (Å²) in [6.45, 7) is 0.588. The number of rotatable bonds is 5. The predicted octanol–water partition coefficient (Wildman–Crippen LogP) is 0.573. The van der Waals surface area contributed by atoms with Crippen molar-refractivity contribution in [1.82, 2.24) is 0 Å². The molecule has 0 saturated heterocycles. The van der Waals surface area contributed by atoms with Gasteiger partial charge in [-0.25, -0.2) is 0 Å².